The highest BCUT2D eigenvalue weighted by molar-refractivity contribution is 6.08. The Morgan fingerprint density at radius 2 is 1.72 bits per heavy atom. The molecule has 0 saturated heterocycles. The van der Waals surface area contributed by atoms with Gasteiger partial charge in [-0.1, -0.05) is 60.7 Å². The minimum absolute atomic E-state index is 0.0241. The number of benzene rings is 3. The molecule has 36 heavy (non-hydrogen) atoms. The van der Waals surface area contributed by atoms with Crippen molar-refractivity contribution in [3.63, 3.8) is 0 Å². The Labute approximate surface area is 209 Å². The van der Waals surface area contributed by atoms with Crippen molar-refractivity contribution in [2.45, 2.75) is 24.7 Å². The number of allylic oxidation sites excluding steroid dienone is 3. The number of nitrogens with two attached hydrogens (primary N) is 1. The van der Waals surface area contributed by atoms with Gasteiger partial charge in [-0.25, -0.2) is 4.99 Å². The summed E-state index contributed by atoms with van der Waals surface area (Å²) in [5, 5.41) is 10.4. The smallest absolute Gasteiger partial charge is 0.162 e. The van der Waals surface area contributed by atoms with Gasteiger partial charge in [0.05, 0.1) is 30.4 Å². The van der Waals surface area contributed by atoms with E-state index in [2.05, 4.69) is 18.2 Å². The monoisotopic (exact) mass is 472 g/mol. The molecule has 0 aromatic heterocycles. The molecule has 2 aliphatic heterocycles. The zero-order valence-electron chi connectivity index (χ0n) is 19.8. The Kier molecular flexibility index (Phi) is 5.19. The maximum Gasteiger partial charge on any atom is 0.162 e. The lowest BCUT2D eigenvalue weighted by atomic mass is 9.71. The number of ketones is 1. The molecular formula is C30H24N4O2. The second kappa shape index (κ2) is 8.54. The number of para-hydroxylation sites is 2. The summed E-state index contributed by atoms with van der Waals surface area (Å²) < 4.78 is 5.67. The number of nitriles is 1. The number of fused-ring (bicyclic) bond motifs is 4. The van der Waals surface area contributed by atoms with Gasteiger partial charge in [-0.2, -0.15) is 5.26 Å². The molecule has 0 amide bonds. The number of Topliss-reactive ketones (excluding diaryl/α,β-unsaturated/α-hetero) is 1. The van der Waals surface area contributed by atoms with E-state index in [1.54, 1.807) is 7.11 Å². The van der Waals surface area contributed by atoms with Crippen molar-refractivity contribution in [1.29, 1.82) is 5.26 Å². The van der Waals surface area contributed by atoms with Gasteiger partial charge < -0.3 is 10.5 Å². The number of carbonyl (C=O) groups is 1. The van der Waals surface area contributed by atoms with Crippen molar-refractivity contribution in [2.24, 2.45) is 10.7 Å². The average Bonchev–Trinajstić information content (AvgIpc) is 2.92. The lowest BCUT2D eigenvalue weighted by Gasteiger charge is -2.43. The molecule has 3 aromatic carbocycles. The van der Waals surface area contributed by atoms with Gasteiger partial charge in [-0.15, -0.1) is 0 Å². The van der Waals surface area contributed by atoms with E-state index in [4.69, 9.17) is 15.5 Å². The predicted molar refractivity (Wildman–Crippen MR) is 138 cm³/mol. The van der Waals surface area contributed by atoms with Gasteiger partial charge in [0.15, 0.2) is 11.6 Å². The zero-order valence-corrected chi connectivity index (χ0v) is 19.8. The lowest BCUT2D eigenvalue weighted by Crippen LogP contribution is -2.40. The number of ether oxygens (including phenoxy) is 1. The summed E-state index contributed by atoms with van der Waals surface area (Å²) in [5.74, 6) is 0.934. The highest BCUT2D eigenvalue weighted by Gasteiger charge is 2.45. The Morgan fingerprint density at radius 1 is 1.00 bits per heavy atom. The summed E-state index contributed by atoms with van der Waals surface area (Å²) in [7, 11) is 1.60. The lowest BCUT2D eigenvalue weighted by molar-refractivity contribution is -0.116. The number of rotatable bonds is 3. The van der Waals surface area contributed by atoms with Gasteiger partial charge >= 0.3 is 0 Å². The van der Waals surface area contributed by atoms with Crippen LogP contribution in [0.25, 0.3) is 0 Å². The fourth-order valence-corrected chi connectivity index (χ4v) is 5.69. The van der Waals surface area contributed by atoms with Crippen LogP contribution in [0.4, 0.5) is 5.69 Å². The fourth-order valence-electron chi connectivity index (χ4n) is 5.69. The summed E-state index contributed by atoms with van der Waals surface area (Å²) in [5.41, 5.74) is 11.8. The van der Waals surface area contributed by atoms with E-state index in [9.17, 15) is 10.1 Å². The van der Waals surface area contributed by atoms with E-state index in [0.29, 0.717) is 41.4 Å². The molecule has 0 bridgehead atoms. The van der Waals surface area contributed by atoms with Crippen LogP contribution in [0.2, 0.25) is 0 Å². The van der Waals surface area contributed by atoms with Gasteiger partial charge in [0.25, 0.3) is 0 Å². The summed E-state index contributed by atoms with van der Waals surface area (Å²) in [6, 6.07) is 27.8. The van der Waals surface area contributed by atoms with E-state index in [-0.39, 0.29) is 11.7 Å². The Balaban J connectivity index is 1.64. The molecule has 0 saturated carbocycles. The van der Waals surface area contributed by atoms with Gasteiger partial charge in [0.1, 0.15) is 11.6 Å². The SMILES string of the molecule is COc1ccccc1[C@H]1C(C#N)=C2N=C(N)c3ccccc3N2C2=C1C(=O)C[C@@H](c1ccccc1)C2. The van der Waals surface area contributed by atoms with Gasteiger partial charge in [0, 0.05) is 28.8 Å². The molecule has 2 N–H and O–H groups in total. The average molecular weight is 473 g/mol. The van der Waals surface area contributed by atoms with Crippen LogP contribution in [-0.2, 0) is 4.79 Å². The van der Waals surface area contributed by atoms with E-state index in [0.717, 1.165) is 28.1 Å². The van der Waals surface area contributed by atoms with E-state index < -0.39 is 5.92 Å². The highest BCUT2D eigenvalue weighted by atomic mass is 16.5. The largest absolute Gasteiger partial charge is 0.496 e. The maximum atomic E-state index is 14.0. The van der Waals surface area contributed by atoms with Gasteiger partial charge in [-0.3, -0.25) is 9.69 Å². The predicted octanol–water partition coefficient (Wildman–Crippen LogP) is 5.15. The summed E-state index contributed by atoms with van der Waals surface area (Å²) >= 11 is 0. The number of carbonyl (C=O) groups excluding carboxylic acids is 1. The van der Waals surface area contributed by atoms with Crippen LogP contribution in [0.15, 0.2) is 107 Å². The van der Waals surface area contributed by atoms with Crippen LogP contribution in [0.1, 0.15) is 41.4 Å². The van der Waals surface area contributed by atoms with E-state index in [1.165, 1.54) is 0 Å². The van der Waals surface area contributed by atoms with Crippen molar-refractivity contribution in [3.8, 4) is 11.8 Å². The first kappa shape index (κ1) is 21.9. The first-order chi connectivity index (χ1) is 17.6. The van der Waals surface area contributed by atoms with Crippen LogP contribution >= 0.6 is 0 Å². The number of methoxy groups -OCH3 is 1. The standard InChI is InChI=1S/C30H24N4O2/c1-36-26-14-8-6-12-21(26)27-22(17-31)30-33-29(32)20-11-5-7-13-23(20)34(30)24-15-19(16-25(35)28(24)27)18-9-3-2-4-10-18/h2-14,19,27H,15-16H2,1H3,(H2,32,33)/t19-,27-/m0/s1. The maximum absolute atomic E-state index is 14.0. The minimum Gasteiger partial charge on any atom is -0.496 e. The molecule has 0 spiro atoms. The van der Waals surface area contributed by atoms with Crippen molar-refractivity contribution < 1.29 is 9.53 Å². The number of anilines is 1. The zero-order chi connectivity index (χ0) is 24.8. The van der Waals surface area contributed by atoms with Crippen molar-refractivity contribution in [3.05, 3.63) is 118 Å². The molecule has 2 heterocycles. The molecule has 0 fully saturated rings. The third-order valence-corrected chi connectivity index (χ3v) is 7.27. The van der Waals surface area contributed by atoms with E-state index in [1.807, 2.05) is 71.6 Å². The Bertz CT molecular complexity index is 1530. The molecule has 1 aliphatic carbocycles. The quantitative estimate of drug-likeness (QED) is 0.569. The van der Waals surface area contributed by atoms with Crippen LogP contribution in [0.3, 0.4) is 0 Å². The number of nitrogens with zero attached hydrogens (tertiary/aromatic N) is 3. The molecule has 3 aromatic rings. The first-order valence-corrected chi connectivity index (χ1v) is 11.9. The second-order valence-electron chi connectivity index (χ2n) is 9.17. The van der Waals surface area contributed by atoms with Crippen molar-refractivity contribution >= 4 is 17.3 Å². The Hall–Kier alpha value is -4.63. The molecule has 176 valence electrons. The van der Waals surface area contributed by atoms with Crippen LogP contribution in [0, 0.1) is 11.3 Å². The second-order valence-corrected chi connectivity index (χ2v) is 9.17. The molecular weight excluding hydrogens is 448 g/mol. The molecule has 0 radical (unpaired) electrons. The third-order valence-electron chi connectivity index (χ3n) is 7.27. The van der Waals surface area contributed by atoms with Crippen molar-refractivity contribution in [2.75, 3.05) is 12.0 Å². The molecule has 6 rings (SSSR count). The molecule has 6 heteroatoms. The number of aliphatic imine (C=N–C) groups is 1. The molecule has 3 aliphatic rings. The summed E-state index contributed by atoms with van der Waals surface area (Å²) in [6.45, 7) is 0. The molecule has 2 atom stereocenters. The van der Waals surface area contributed by atoms with Gasteiger partial charge in [0.2, 0.25) is 0 Å². The van der Waals surface area contributed by atoms with Crippen LogP contribution in [0.5, 0.6) is 5.75 Å². The highest BCUT2D eigenvalue weighted by Crippen LogP contribution is 2.52. The fraction of sp³-hybridized carbons (Fsp3) is 0.167. The van der Waals surface area contributed by atoms with Crippen molar-refractivity contribution in [1.82, 2.24) is 0 Å². The summed E-state index contributed by atoms with van der Waals surface area (Å²) in [4.78, 5) is 20.7. The first-order valence-electron chi connectivity index (χ1n) is 11.9. The summed E-state index contributed by atoms with van der Waals surface area (Å²) in [6.07, 6.45) is 1.02. The topological polar surface area (TPSA) is 91.7 Å². The molecule has 0 unspecified atom stereocenters. The number of amidine groups is 1. The van der Waals surface area contributed by atoms with Gasteiger partial charge in [-0.05, 0) is 36.1 Å². The normalized spacial score (nSPS) is 20.7. The third kappa shape index (κ3) is 3.24. The molecule has 6 nitrogen and oxygen atoms in total. The van der Waals surface area contributed by atoms with E-state index >= 15 is 0 Å². The Morgan fingerprint density at radius 3 is 2.50 bits per heavy atom. The van der Waals surface area contributed by atoms with Crippen LogP contribution < -0.4 is 15.4 Å². The minimum atomic E-state index is -0.585. The van der Waals surface area contributed by atoms with Crippen LogP contribution in [-0.4, -0.2) is 18.7 Å². The number of hydrogen-bond acceptors (Lipinski definition) is 6. The number of hydrogen-bond donors (Lipinski definition) is 1.